The third kappa shape index (κ3) is 2.26. The summed E-state index contributed by atoms with van der Waals surface area (Å²) in [6, 6.07) is 10.3. The lowest BCUT2D eigenvalue weighted by Crippen LogP contribution is -2.12. The summed E-state index contributed by atoms with van der Waals surface area (Å²) in [6.07, 6.45) is 2.86. The average Bonchev–Trinajstić information content (AvgIpc) is 2.71. The number of benzene rings is 1. The molecule has 0 saturated heterocycles. The molecule has 2 N–H and O–H groups in total. The first-order valence-corrected chi connectivity index (χ1v) is 5.78. The summed E-state index contributed by atoms with van der Waals surface area (Å²) in [6.45, 7) is 4.74. The maximum Gasteiger partial charge on any atom is 0.0713 e. The molecule has 0 aliphatic carbocycles. The number of nitrogens with zero attached hydrogens (tertiary/aromatic N) is 2. The van der Waals surface area contributed by atoms with Crippen molar-refractivity contribution in [1.29, 1.82) is 5.26 Å². The SMILES string of the molecule is CC(C)(C#N)CCn1ccc2cccc(N)c21. The first-order chi connectivity index (χ1) is 8.03. The van der Waals surface area contributed by atoms with Gasteiger partial charge in [0.25, 0.3) is 0 Å². The van der Waals surface area contributed by atoms with Gasteiger partial charge < -0.3 is 10.3 Å². The molecular formula is C14H17N3. The molecule has 0 atom stereocenters. The highest BCUT2D eigenvalue weighted by atomic mass is 15.0. The van der Waals surface area contributed by atoms with Crippen molar-refractivity contribution in [3.63, 3.8) is 0 Å². The quantitative estimate of drug-likeness (QED) is 0.819. The number of nitrogen functional groups attached to an aromatic ring is 1. The van der Waals surface area contributed by atoms with Crippen molar-refractivity contribution in [2.45, 2.75) is 26.8 Å². The highest BCUT2D eigenvalue weighted by Crippen LogP contribution is 2.25. The summed E-state index contributed by atoms with van der Waals surface area (Å²) in [4.78, 5) is 0. The number of nitriles is 1. The molecule has 0 aliphatic heterocycles. The molecule has 1 heterocycles. The molecule has 0 saturated carbocycles. The Balaban J connectivity index is 2.29. The standard InChI is InChI=1S/C14H17N3/c1-14(2,10-15)7-9-17-8-6-11-4-3-5-12(16)13(11)17/h3-6,8H,7,9,16H2,1-2H3. The monoisotopic (exact) mass is 227 g/mol. The van der Waals surface area contributed by atoms with E-state index in [1.807, 2.05) is 32.2 Å². The van der Waals surface area contributed by atoms with Gasteiger partial charge in [0, 0.05) is 18.1 Å². The van der Waals surface area contributed by atoms with Crippen LogP contribution < -0.4 is 5.73 Å². The predicted molar refractivity (Wildman–Crippen MR) is 70.4 cm³/mol. The average molecular weight is 227 g/mol. The Morgan fingerprint density at radius 3 is 2.82 bits per heavy atom. The Morgan fingerprint density at radius 2 is 2.12 bits per heavy atom. The van der Waals surface area contributed by atoms with E-state index in [9.17, 15) is 0 Å². The van der Waals surface area contributed by atoms with Crippen molar-refractivity contribution < 1.29 is 0 Å². The topological polar surface area (TPSA) is 54.7 Å². The minimum atomic E-state index is -0.292. The van der Waals surface area contributed by atoms with E-state index in [4.69, 9.17) is 11.0 Å². The van der Waals surface area contributed by atoms with Gasteiger partial charge in [-0.15, -0.1) is 0 Å². The number of fused-ring (bicyclic) bond motifs is 1. The zero-order valence-corrected chi connectivity index (χ0v) is 10.3. The number of hydrogen-bond donors (Lipinski definition) is 1. The number of aryl methyl sites for hydroxylation is 1. The first kappa shape index (κ1) is 11.5. The predicted octanol–water partition coefficient (Wildman–Crippen LogP) is 3.16. The zero-order valence-electron chi connectivity index (χ0n) is 10.3. The summed E-state index contributed by atoms with van der Waals surface area (Å²) in [5, 5.41) is 10.2. The van der Waals surface area contributed by atoms with Crippen LogP contribution >= 0.6 is 0 Å². The van der Waals surface area contributed by atoms with Gasteiger partial charge >= 0.3 is 0 Å². The van der Waals surface area contributed by atoms with Gasteiger partial charge in [-0.2, -0.15) is 5.26 Å². The van der Waals surface area contributed by atoms with Gasteiger partial charge in [0.2, 0.25) is 0 Å². The maximum atomic E-state index is 9.01. The van der Waals surface area contributed by atoms with Gasteiger partial charge in [0.15, 0.2) is 0 Å². The van der Waals surface area contributed by atoms with E-state index < -0.39 is 0 Å². The third-order valence-corrected chi connectivity index (χ3v) is 3.10. The second-order valence-corrected chi connectivity index (χ2v) is 5.04. The second kappa shape index (κ2) is 4.14. The van der Waals surface area contributed by atoms with Crippen molar-refractivity contribution in [2.75, 3.05) is 5.73 Å². The largest absolute Gasteiger partial charge is 0.397 e. The van der Waals surface area contributed by atoms with Crippen LogP contribution in [0.4, 0.5) is 5.69 Å². The fourth-order valence-corrected chi connectivity index (χ4v) is 1.93. The second-order valence-electron chi connectivity index (χ2n) is 5.04. The molecular weight excluding hydrogens is 210 g/mol. The zero-order chi connectivity index (χ0) is 12.5. The van der Waals surface area contributed by atoms with E-state index in [1.54, 1.807) is 0 Å². The van der Waals surface area contributed by atoms with Gasteiger partial charge in [-0.25, -0.2) is 0 Å². The van der Waals surface area contributed by atoms with E-state index >= 15 is 0 Å². The number of aromatic nitrogens is 1. The summed E-state index contributed by atoms with van der Waals surface area (Å²) in [5.74, 6) is 0. The van der Waals surface area contributed by atoms with Crippen molar-refractivity contribution in [1.82, 2.24) is 4.57 Å². The molecule has 1 aromatic heterocycles. The molecule has 1 aromatic carbocycles. The fourth-order valence-electron chi connectivity index (χ4n) is 1.93. The van der Waals surface area contributed by atoms with Crippen molar-refractivity contribution in [3.8, 4) is 6.07 Å². The minimum absolute atomic E-state index is 0.292. The van der Waals surface area contributed by atoms with E-state index in [0.29, 0.717) is 0 Å². The number of para-hydroxylation sites is 1. The van der Waals surface area contributed by atoms with Crippen LogP contribution in [0.5, 0.6) is 0 Å². The molecule has 0 unspecified atom stereocenters. The van der Waals surface area contributed by atoms with Gasteiger partial charge in [-0.1, -0.05) is 12.1 Å². The minimum Gasteiger partial charge on any atom is -0.397 e. The number of nitrogens with two attached hydrogens (primary N) is 1. The molecule has 0 amide bonds. The number of rotatable bonds is 3. The Labute approximate surface area is 101 Å². The van der Waals surface area contributed by atoms with E-state index in [-0.39, 0.29) is 5.41 Å². The Kier molecular flexibility index (Phi) is 2.81. The number of hydrogen-bond acceptors (Lipinski definition) is 2. The number of anilines is 1. The smallest absolute Gasteiger partial charge is 0.0713 e. The maximum absolute atomic E-state index is 9.01. The van der Waals surface area contributed by atoms with Crippen molar-refractivity contribution >= 4 is 16.6 Å². The van der Waals surface area contributed by atoms with Crippen LogP contribution in [0.3, 0.4) is 0 Å². The molecule has 3 nitrogen and oxygen atoms in total. The van der Waals surface area contributed by atoms with Gasteiger partial charge in [-0.3, -0.25) is 0 Å². The van der Waals surface area contributed by atoms with Crippen LogP contribution in [0, 0.1) is 16.7 Å². The van der Waals surface area contributed by atoms with Gasteiger partial charge in [0.1, 0.15) is 0 Å². The molecule has 2 rings (SSSR count). The van der Waals surface area contributed by atoms with Crippen molar-refractivity contribution in [2.24, 2.45) is 5.41 Å². The molecule has 0 spiro atoms. The lowest BCUT2D eigenvalue weighted by Gasteiger charge is -2.16. The third-order valence-electron chi connectivity index (χ3n) is 3.10. The molecule has 0 fully saturated rings. The molecule has 3 heteroatoms. The molecule has 0 radical (unpaired) electrons. The summed E-state index contributed by atoms with van der Waals surface area (Å²) in [7, 11) is 0. The van der Waals surface area contributed by atoms with Crippen LogP contribution in [0.1, 0.15) is 20.3 Å². The molecule has 88 valence electrons. The van der Waals surface area contributed by atoms with E-state index in [1.165, 1.54) is 0 Å². The normalized spacial score (nSPS) is 11.6. The molecule has 0 aliphatic rings. The summed E-state index contributed by atoms with van der Waals surface area (Å²) < 4.78 is 2.13. The van der Waals surface area contributed by atoms with Crippen LogP contribution in [0.25, 0.3) is 10.9 Å². The Bertz CT molecular complexity index is 573. The Hall–Kier alpha value is -1.95. The first-order valence-electron chi connectivity index (χ1n) is 5.78. The van der Waals surface area contributed by atoms with Crippen LogP contribution in [0.15, 0.2) is 30.5 Å². The summed E-state index contributed by atoms with van der Waals surface area (Å²) in [5.41, 5.74) is 7.56. The van der Waals surface area contributed by atoms with Crippen LogP contribution in [-0.2, 0) is 6.54 Å². The lowest BCUT2D eigenvalue weighted by molar-refractivity contribution is 0.417. The van der Waals surface area contributed by atoms with E-state index in [0.717, 1.165) is 29.6 Å². The highest BCUT2D eigenvalue weighted by Gasteiger charge is 2.16. The molecule has 2 aromatic rings. The van der Waals surface area contributed by atoms with Gasteiger partial charge in [-0.05, 0) is 32.4 Å². The molecule has 17 heavy (non-hydrogen) atoms. The van der Waals surface area contributed by atoms with Gasteiger partial charge in [0.05, 0.1) is 22.7 Å². The van der Waals surface area contributed by atoms with Crippen LogP contribution in [-0.4, -0.2) is 4.57 Å². The Morgan fingerprint density at radius 1 is 1.35 bits per heavy atom. The lowest BCUT2D eigenvalue weighted by atomic mass is 9.91. The van der Waals surface area contributed by atoms with E-state index in [2.05, 4.69) is 22.8 Å². The fraction of sp³-hybridized carbons (Fsp3) is 0.357. The highest BCUT2D eigenvalue weighted by molar-refractivity contribution is 5.90. The van der Waals surface area contributed by atoms with Crippen molar-refractivity contribution in [3.05, 3.63) is 30.5 Å². The molecule has 0 bridgehead atoms. The summed E-state index contributed by atoms with van der Waals surface area (Å²) >= 11 is 0. The van der Waals surface area contributed by atoms with Crippen LogP contribution in [0.2, 0.25) is 0 Å².